The van der Waals surface area contributed by atoms with Crippen LogP contribution in [0.4, 0.5) is 47.1 Å². The van der Waals surface area contributed by atoms with Gasteiger partial charge in [0, 0.05) is 63.9 Å². The van der Waals surface area contributed by atoms with Crippen LogP contribution in [0.15, 0.2) is 46.2 Å². The molecule has 28 nitrogen and oxygen atoms in total. The quantitative estimate of drug-likeness (QED) is 0.0149. The summed E-state index contributed by atoms with van der Waals surface area (Å²) in [6, 6.07) is 6.89. The Kier molecular flexibility index (Phi) is 33.7. The summed E-state index contributed by atoms with van der Waals surface area (Å²) in [6.45, 7) is -0.624. The van der Waals surface area contributed by atoms with Gasteiger partial charge in [-0.2, -0.15) is 29.9 Å². The fourth-order valence-electron chi connectivity index (χ4n) is 8.66. The monoisotopic (exact) mass is 1270 g/mol. The fourth-order valence-corrected chi connectivity index (χ4v) is 10.8. The maximum atomic E-state index is 12.7. The Labute approximate surface area is 623 Å². The molecular weight excluding hydrogens is 1210 g/mol. The Balaban J connectivity index is 0.00000520. The first-order valence-corrected chi connectivity index (χ1v) is 29.1. The van der Waals surface area contributed by atoms with Crippen molar-refractivity contribution >= 4 is 99.7 Å². The van der Waals surface area contributed by atoms with Gasteiger partial charge >= 0.3 is 206 Å². The van der Waals surface area contributed by atoms with E-state index in [1.54, 1.807) is 9.80 Å². The Bertz CT molecular complexity index is 2890. The average molecular weight is 1270 g/mol. The van der Waals surface area contributed by atoms with E-state index < -0.39 is 74.9 Å². The van der Waals surface area contributed by atoms with Crippen molar-refractivity contribution in [3.05, 3.63) is 47.5 Å². The molecule has 2 saturated carbocycles. The minimum absolute atomic E-state index is 0. The first-order chi connectivity index (χ1) is 34.9. The third-order valence-electron chi connectivity index (χ3n) is 12.1. The van der Waals surface area contributed by atoms with Gasteiger partial charge in [0.2, 0.25) is 35.7 Å². The summed E-state index contributed by atoms with van der Waals surface area (Å²) < 4.78 is 144. The number of nitrogens with one attached hydrogen (secondary N) is 4. The van der Waals surface area contributed by atoms with Crippen LogP contribution in [-0.4, -0.2) is 179 Å². The summed E-state index contributed by atoms with van der Waals surface area (Å²) in [4.78, 5) is 27.6. The number of aliphatic hydroxyl groups excluding tert-OH is 4. The van der Waals surface area contributed by atoms with E-state index in [2.05, 4.69) is 51.2 Å². The van der Waals surface area contributed by atoms with E-state index in [-0.39, 0.29) is 327 Å². The van der Waals surface area contributed by atoms with Crippen LogP contribution in [-0.2, 0) is 40.5 Å². The third-order valence-corrected chi connectivity index (χ3v) is 15.3. The average Bonchev–Trinajstić information content (AvgIpc) is 3.99. The zero-order valence-corrected chi connectivity index (χ0v) is 59.3. The summed E-state index contributed by atoms with van der Waals surface area (Å²) in [6.07, 6.45) is 6.66. The fraction of sp³-hybridized carbons (Fsp3) is 0.524. The van der Waals surface area contributed by atoms with Gasteiger partial charge in [-0.05, 0) is 97.6 Å². The minimum Gasteiger partial charge on any atom is -0.748 e. The Morgan fingerprint density at radius 3 is 1.17 bits per heavy atom. The van der Waals surface area contributed by atoms with Crippen LogP contribution in [0.3, 0.4) is 0 Å². The van der Waals surface area contributed by atoms with Gasteiger partial charge in [-0.25, -0.2) is 33.7 Å². The van der Waals surface area contributed by atoms with Crippen LogP contribution in [0.5, 0.6) is 0 Å². The first-order valence-electron chi connectivity index (χ1n) is 23.1. The van der Waals surface area contributed by atoms with Crippen LogP contribution in [0, 0.1) is 23.7 Å². The molecule has 2 aromatic heterocycles. The number of hydrogen-bond acceptors (Lipinski definition) is 28. The maximum absolute atomic E-state index is 12.7. The van der Waals surface area contributed by atoms with Crippen molar-refractivity contribution in [1.29, 1.82) is 0 Å². The summed E-state index contributed by atoms with van der Waals surface area (Å²) in [5.74, 6) is -2.15. The van der Waals surface area contributed by atoms with Gasteiger partial charge in [0.05, 0.1) is 54.7 Å². The molecule has 4 atom stereocenters. The number of hydrogen-bond donors (Lipinski definition) is 8. The number of benzene rings is 2. The van der Waals surface area contributed by atoms with Crippen molar-refractivity contribution in [1.82, 2.24) is 29.9 Å². The summed E-state index contributed by atoms with van der Waals surface area (Å²) >= 11 is 0. The topological polar surface area (TPSA) is 442 Å². The van der Waals surface area contributed by atoms with Gasteiger partial charge in [0.15, 0.2) is 0 Å². The van der Waals surface area contributed by atoms with E-state index >= 15 is 0 Å². The zero-order chi connectivity index (χ0) is 53.8. The van der Waals surface area contributed by atoms with Crippen molar-refractivity contribution in [3.8, 4) is 0 Å². The molecule has 2 fully saturated rings. The molecule has 408 valence electrons. The second kappa shape index (κ2) is 35.0. The smallest absolute Gasteiger partial charge is 0.748 e. The SMILES string of the molecule is O=S(=O)([O-])CCNc1nc(Nc2ccc(/C=C/c3ccc(Nc4nc(NCCS(=O)(=O)[O-])nc(N(CCO)CC5CCC(CO)C5)n4)cc3S(=O)(=O)[O-])c(S(=O)(=O)[O-])c2)nc(N(CCO)CC2CCC(CO)C2)n1.[K+].[K+].[K+].[K+]. The molecule has 4 aromatic rings. The summed E-state index contributed by atoms with van der Waals surface area (Å²) in [5, 5.41) is 50.0. The molecule has 0 radical (unpaired) electrons. The molecular formula is C42H56K4N12O16S4. The molecule has 4 unspecified atom stereocenters. The van der Waals surface area contributed by atoms with E-state index in [1.165, 1.54) is 24.3 Å². The Hall–Kier alpha value is 1.03. The van der Waals surface area contributed by atoms with Crippen molar-refractivity contribution in [2.24, 2.45) is 23.7 Å². The van der Waals surface area contributed by atoms with Crippen molar-refractivity contribution in [2.45, 2.75) is 48.3 Å². The molecule has 2 aromatic carbocycles. The Morgan fingerprint density at radius 1 is 0.513 bits per heavy atom. The molecule has 8 N–H and O–H groups in total. The van der Waals surface area contributed by atoms with Gasteiger partial charge in [-0.1, -0.05) is 24.3 Å². The van der Waals surface area contributed by atoms with E-state index in [0.29, 0.717) is 25.9 Å². The van der Waals surface area contributed by atoms with Crippen molar-refractivity contribution < 1.29 is 278 Å². The molecule has 0 saturated heterocycles. The Morgan fingerprint density at radius 2 is 0.859 bits per heavy atom. The van der Waals surface area contributed by atoms with E-state index in [4.69, 9.17) is 0 Å². The molecule has 6 rings (SSSR count). The minimum atomic E-state index is -5.29. The van der Waals surface area contributed by atoms with Gasteiger partial charge in [-0.3, -0.25) is 0 Å². The van der Waals surface area contributed by atoms with Crippen molar-refractivity contribution in [3.63, 3.8) is 0 Å². The maximum Gasteiger partial charge on any atom is 1.00 e. The molecule has 36 heteroatoms. The van der Waals surface area contributed by atoms with Crippen LogP contribution in [0.1, 0.15) is 49.7 Å². The van der Waals surface area contributed by atoms with Crippen LogP contribution >= 0.6 is 0 Å². The zero-order valence-electron chi connectivity index (χ0n) is 43.6. The third kappa shape index (κ3) is 24.8. The molecule has 0 spiro atoms. The summed E-state index contributed by atoms with van der Waals surface area (Å²) in [7, 11) is -19.9. The number of rotatable bonds is 28. The predicted molar refractivity (Wildman–Crippen MR) is 264 cm³/mol. The second-order valence-electron chi connectivity index (χ2n) is 17.7. The van der Waals surface area contributed by atoms with E-state index in [9.17, 15) is 72.3 Å². The van der Waals surface area contributed by atoms with Gasteiger partial charge in [-0.15, -0.1) is 0 Å². The second-order valence-corrected chi connectivity index (χ2v) is 23.5. The molecule has 2 aliphatic carbocycles. The standard InChI is InChI=1S/C42H60N12O16S4.4K/c55-15-13-53(23-27-1-3-29(19-27)25-57)41-49-37(43-11-17-71(59,60)61)47-39(51-41)45-33-9-7-31(35(21-33)73(65,66)67)5-6-32-8-10-34(22-36(32)74(68,69)70)46-40-48-38(44-12-18-72(62,63)64)50-42(52-40)54(14-16-56)24-28-2-4-30(20-28)26-58;;;;/h5-10,21-22,27-30,55-58H,1-4,11-20,23-26H2,(H,59,60,61)(H,62,63,64)(H,65,66,67)(H,68,69,70)(H2,43,45,47,49,51)(H2,44,46,48,50,52);;;;/q;4*+1/p-4/b6-5+;;;;. The number of aliphatic hydroxyl groups is 4. The molecule has 2 heterocycles. The molecule has 78 heavy (non-hydrogen) atoms. The predicted octanol–water partition coefficient (Wildman–Crippen LogP) is -12.1. The normalized spacial score (nSPS) is 17.5. The van der Waals surface area contributed by atoms with Crippen LogP contribution in [0.25, 0.3) is 12.2 Å². The number of nitrogens with zero attached hydrogens (tertiary/aromatic N) is 8. The molecule has 0 bridgehead atoms. The van der Waals surface area contributed by atoms with Gasteiger partial charge in [0.25, 0.3) is 0 Å². The van der Waals surface area contributed by atoms with Gasteiger partial charge in [0.1, 0.15) is 20.2 Å². The molecule has 0 amide bonds. The van der Waals surface area contributed by atoms with Crippen LogP contribution < -0.4 is 237 Å². The van der Waals surface area contributed by atoms with E-state index in [0.717, 1.165) is 50.0 Å². The first kappa shape index (κ1) is 75.1. The molecule has 2 aliphatic rings. The van der Waals surface area contributed by atoms with Crippen LogP contribution in [0.2, 0.25) is 0 Å². The van der Waals surface area contributed by atoms with Gasteiger partial charge < -0.3 is 69.7 Å². The van der Waals surface area contributed by atoms with E-state index in [1.807, 2.05) is 0 Å². The molecule has 0 aliphatic heterocycles. The van der Waals surface area contributed by atoms with Crippen molar-refractivity contribution in [2.75, 3.05) is 108 Å². The largest absolute Gasteiger partial charge is 1.00 e. The number of aromatic nitrogens is 6. The number of anilines is 8. The summed E-state index contributed by atoms with van der Waals surface area (Å²) in [5.41, 5.74) is -0.602.